The van der Waals surface area contributed by atoms with Crippen molar-refractivity contribution in [3.8, 4) is 0 Å². The number of rotatable bonds is 6. The van der Waals surface area contributed by atoms with Gasteiger partial charge in [0.2, 0.25) is 0 Å². The van der Waals surface area contributed by atoms with Gasteiger partial charge in [0, 0.05) is 19.1 Å². The summed E-state index contributed by atoms with van der Waals surface area (Å²) in [5.74, 6) is 0.297. The fraction of sp³-hybridized carbons (Fsp3) is 0.941. The lowest BCUT2D eigenvalue weighted by Crippen LogP contribution is -2.62. The molecule has 0 aromatic rings. The largest absolute Gasteiger partial charge is 0.480 e. The Morgan fingerprint density at radius 2 is 1.86 bits per heavy atom. The zero-order valence-electron chi connectivity index (χ0n) is 14.3. The van der Waals surface area contributed by atoms with Gasteiger partial charge in [0.25, 0.3) is 0 Å². The molecule has 2 aliphatic rings. The molecule has 0 aromatic carbocycles. The van der Waals surface area contributed by atoms with Crippen LogP contribution >= 0.6 is 0 Å². The summed E-state index contributed by atoms with van der Waals surface area (Å²) < 4.78 is 0. The van der Waals surface area contributed by atoms with Crippen molar-refractivity contribution in [3.05, 3.63) is 0 Å². The van der Waals surface area contributed by atoms with E-state index in [1.165, 1.54) is 6.42 Å². The molecule has 2 fully saturated rings. The number of nitrogens with zero attached hydrogens (tertiary/aromatic N) is 1. The highest BCUT2D eigenvalue weighted by Gasteiger charge is 2.53. The van der Waals surface area contributed by atoms with Gasteiger partial charge in [0.05, 0.1) is 0 Å². The summed E-state index contributed by atoms with van der Waals surface area (Å²) in [7, 11) is 0. The number of likely N-dealkylation sites (tertiary alicyclic amines) is 1. The molecule has 4 nitrogen and oxygen atoms in total. The first-order valence-electron chi connectivity index (χ1n) is 8.38. The predicted molar refractivity (Wildman–Crippen MR) is 85.4 cm³/mol. The second kappa shape index (κ2) is 5.88. The van der Waals surface area contributed by atoms with Gasteiger partial charge in [-0.3, -0.25) is 10.1 Å². The fourth-order valence-corrected chi connectivity index (χ4v) is 3.72. The Morgan fingerprint density at radius 1 is 1.24 bits per heavy atom. The SMILES string of the molecule is CC(C)NC(CN1CCC(C(C)(C)C)C1)(C(=O)O)C1CC1. The van der Waals surface area contributed by atoms with Crippen LogP contribution in [0.25, 0.3) is 0 Å². The highest BCUT2D eigenvalue weighted by molar-refractivity contribution is 5.80. The van der Waals surface area contributed by atoms with E-state index < -0.39 is 11.5 Å². The van der Waals surface area contributed by atoms with E-state index in [1.807, 2.05) is 13.8 Å². The Morgan fingerprint density at radius 3 is 2.24 bits per heavy atom. The van der Waals surface area contributed by atoms with E-state index in [2.05, 4.69) is 31.0 Å². The molecule has 1 heterocycles. The Labute approximate surface area is 129 Å². The summed E-state index contributed by atoms with van der Waals surface area (Å²) in [5.41, 5.74) is -0.438. The molecule has 4 heteroatoms. The van der Waals surface area contributed by atoms with Gasteiger partial charge in [-0.1, -0.05) is 20.8 Å². The van der Waals surface area contributed by atoms with Gasteiger partial charge in [0.1, 0.15) is 5.54 Å². The summed E-state index contributed by atoms with van der Waals surface area (Å²) in [4.78, 5) is 14.4. The maximum absolute atomic E-state index is 12.0. The van der Waals surface area contributed by atoms with Crippen LogP contribution in [0.1, 0.15) is 53.9 Å². The topological polar surface area (TPSA) is 52.6 Å². The molecule has 1 aliphatic heterocycles. The van der Waals surface area contributed by atoms with Gasteiger partial charge in [-0.25, -0.2) is 0 Å². The number of carboxylic acids is 1. The second-order valence-corrected chi connectivity index (χ2v) is 8.44. The van der Waals surface area contributed by atoms with Crippen molar-refractivity contribution in [2.24, 2.45) is 17.3 Å². The Kier molecular flexibility index (Phi) is 4.69. The normalized spacial score (nSPS) is 27.0. The first kappa shape index (κ1) is 16.8. The number of hydrogen-bond donors (Lipinski definition) is 2. The van der Waals surface area contributed by atoms with Gasteiger partial charge in [-0.05, 0) is 56.9 Å². The molecule has 0 aromatic heterocycles. The van der Waals surface area contributed by atoms with Gasteiger partial charge in [-0.15, -0.1) is 0 Å². The van der Waals surface area contributed by atoms with Crippen molar-refractivity contribution in [1.29, 1.82) is 0 Å². The lowest BCUT2D eigenvalue weighted by molar-refractivity contribution is -0.147. The molecule has 2 N–H and O–H groups in total. The first-order valence-corrected chi connectivity index (χ1v) is 8.38. The lowest BCUT2D eigenvalue weighted by atomic mass is 9.80. The van der Waals surface area contributed by atoms with Crippen LogP contribution < -0.4 is 5.32 Å². The predicted octanol–water partition coefficient (Wildman–Crippen LogP) is 2.59. The monoisotopic (exact) mass is 296 g/mol. The van der Waals surface area contributed by atoms with Crippen molar-refractivity contribution in [1.82, 2.24) is 10.2 Å². The zero-order valence-corrected chi connectivity index (χ0v) is 14.3. The van der Waals surface area contributed by atoms with Crippen LogP contribution in [0.15, 0.2) is 0 Å². The molecule has 1 saturated carbocycles. The van der Waals surface area contributed by atoms with Crippen LogP contribution in [0.3, 0.4) is 0 Å². The highest BCUT2D eigenvalue weighted by atomic mass is 16.4. The zero-order chi connectivity index (χ0) is 15.8. The van der Waals surface area contributed by atoms with E-state index in [0.717, 1.165) is 25.9 Å². The van der Waals surface area contributed by atoms with Crippen molar-refractivity contribution in [2.75, 3.05) is 19.6 Å². The maximum atomic E-state index is 12.0. The van der Waals surface area contributed by atoms with Crippen molar-refractivity contribution in [3.63, 3.8) is 0 Å². The lowest BCUT2D eigenvalue weighted by Gasteiger charge is -2.37. The summed E-state index contributed by atoms with van der Waals surface area (Å²) in [6, 6.07) is 0.197. The molecule has 2 atom stereocenters. The number of carbonyl (C=O) groups is 1. The van der Waals surface area contributed by atoms with E-state index in [1.54, 1.807) is 0 Å². The van der Waals surface area contributed by atoms with E-state index in [4.69, 9.17) is 0 Å². The minimum atomic E-state index is -0.749. The van der Waals surface area contributed by atoms with Crippen LogP contribution in [0, 0.1) is 17.3 Å². The molecule has 0 bridgehead atoms. The molecule has 21 heavy (non-hydrogen) atoms. The molecule has 0 radical (unpaired) electrons. The Balaban J connectivity index is 2.08. The molecule has 122 valence electrons. The standard InChI is InChI=1S/C17H32N2O2/c1-12(2)18-17(15(20)21,13-6-7-13)11-19-9-8-14(10-19)16(3,4)5/h12-14,18H,6-11H2,1-5H3,(H,20,21). The Hall–Kier alpha value is -0.610. The average Bonchev–Trinajstić information content (AvgIpc) is 3.07. The molecule has 1 saturated heterocycles. The van der Waals surface area contributed by atoms with Gasteiger partial charge in [-0.2, -0.15) is 0 Å². The van der Waals surface area contributed by atoms with Gasteiger partial charge < -0.3 is 10.0 Å². The first-order chi connectivity index (χ1) is 9.65. The molecule has 0 amide bonds. The summed E-state index contributed by atoms with van der Waals surface area (Å²) in [6.45, 7) is 13.7. The number of hydrogen-bond acceptors (Lipinski definition) is 3. The van der Waals surface area contributed by atoms with Gasteiger partial charge >= 0.3 is 5.97 Å². The summed E-state index contributed by atoms with van der Waals surface area (Å²) in [6.07, 6.45) is 3.27. The third kappa shape index (κ3) is 3.78. The number of aliphatic carboxylic acids is 1. The minimum absolute atomic E-state index is 0.197. The number of nitrogens with one attached hydrogen (secondary N) is 1. The van der Waals surface area contributed by atoms with Crippen molar-refractivity contribution in [2.45, 2.75) is 65.5 Å². The molecular formula is C17H32N2O2. The summed E-state index contributed by atoms with van der Waals surface area (Å²) >= 11 is 0. The minimum Gasteiger partial charge on any atom is -0.480 e. The second-order valence-electron chi connectivity index (χ2n) is 8.44. The van der Waals surface area contributed by atoms with Crippen molar-refractivity contribution >= 4 is 5.97 Å². The quantitative estimate of drug-likeness (QED) is 0.791. The number of carboxylic acid groups (broad SMARTS) is 1. The van der Waals surface area contributed by atoms with Crippen LogP contribution in [0.5, 0.6) is 0 Å². The average molecular weight is 296 g/mol. The fourth-order valence-electron chi connectivity index (χ4n) is 3.72. The van der Waals surface area contributed by atoms with E-state index in [9.17, 15) is 9.90 Å². The highest BCUT2D eigenvalue weighted by Crippen LogP contribution is 2.42. The van der Waals surface area contributed by atoms with Crippen LogP contribution in [-0.2, 0) is 4.79 Å². The molecular weight excluding hydrogens is 264 g/mol. The van der Waals surface area contributed by atoms with Crippen LogP contribution in [-0.4, -0.2) is 47.2 Å². The van der Waals surface area contributed by atoms with Crippen molar-refractivity contribution < 1.29 is 9.90 Å². The van der Waals surface area contributed by atoms with Gasteiger partial charge in [0.15, 0.2) is 0 Å². The molecule has 2 unspecified atom stereocenters. The maximum Gasteiger partial charge on any atom is 0.325 e. The third-order valence-electron chi connectivity index (χ3n) is 5.17. The van der Waals surface area contributed by atoms with E-state index >= 15 is 0 Å². The van der Waals surface area contributed by atoms with E-state index in [-0.39, 0.29) is 6.04 Å². The summed E-state index contributed by atoms with van der Waals surface area (Å²) in [5, 5.41) is 13.3. The third-order valence-corrected chi connectivity index (χ3v) is 5.17. The molecule has 1 aliphatic carbocycles. The molecule has 2 rings (SSSR count). The Bertz CT molecular complexity index is 385. The smallest absolute Gasteiger partial charge is 0.325 e. The molecule has 0 spiro atoms. The van der Waals surface area contributed by atoms with E-state index in [0.29, 0.717) is 23.8 Å². The van der Waals surface area contributed by atoms with Crippen LogP contribution in [0.2, 0.25) is 0 Å². The van der Waals surface area contributed by atoms with Crippen LogP contribution in [0.4, 0.5) is 0 Å².